The maximum atomic E-state index is 14.9. The lowest BCUT2D eigenvalue weighted by molar-refractivity contribution is -0.133. The highest BCUT2D eigenvalue weighted by atomic mass is 19.1. The SMILES string of the molecule is CC1CC(N2C(=O)N[C@H](c3ccc(OC[C@H](O)CO)cc3)C2=O)C(=O)N1c1ccc(C2CC2)cc1F. The van der Waals surface area contributed by atoms with E-state index >= 15 is 0 Å². The van der Waals surface area contributed by atoms with Gasteiger partial charge in [-0.15, -0.1) is 0 Å². The van der Waals surface area contributed by atoms with Crippen molar-refractivity contribution in [2.75, 3.05) is 18.1 Å². The van der Waals surface area contributed by atoms with Crippen LogP contribution in [0.25, 0.3) is 0 Å². The van der Waals surface area contributed by atoms with E-state index in [2.05, 4.69) is 5.32 Å². The van der Waals surface area contributed by atoms with Crippen molar-refractivity contribution in [3.8, 4) is 5.75 Å². The van der Waals surface area contributed by atoms with Gasteiger partial charge >= 0.3 is 6.03 Å². The van der Waals surface area contributed by atoms with Crippen molar-refractivity contribution in [1.29, 1.82) is 0 Å². The predicted octanol–water partition coefficient (Wildman–Crippen LogP) is 2.22. The number of amides is 4. The molecule has 0 bridgehead atoms. The van der Waals surface area contributed by atoms with Crippen LogP contribution in [0.3, 0.4) is 0 Å². The summed E-state index contributed by atoms with van der Waals surface area (Å²) in [5.41, 5.74) is 1.58. The molecule has 190 valence electrons. The molecule has 2 aromatic carbocycles. The standard InChI is InChI=1S/C26H28FN3O6/c1-14-10-22(24(33)29(14)21-9-6-17(11-20(21)27)15-2-3-15)30-25(34)23(28-26(30)35)16-4-7-19(8-5-16)36-13-18(32)12-31/h4-9,11,14-15,18,22-23,31-32H,2-3,10,12-13H2,1H3,(H,28,35)/t14?,18-,22?,23-/m1/s1. The van der Waals surface area contributed by atoms with E-state index in [1.165, 1.54) is 11.0 Å². The Morgan fingerprint density at radius 2 is 1.75 bits per heavy atom. The molecular formula is C26H28FN3O6. The van der Waals surface area contributed by atoms with Gasteiger partial charge in [-0.25, -0.2) is 14.1 Å². The third-order valence-electron chi connectivity index (χ3n) is 6.96. The summed E-state index contributed by atoms with van der Waals surface area (Å²) in [6.07, 6.45) is 1.27. The van der Waals surface area contributed by atoms with Gasteiger partial charge in [0.05, 0.1) is 12.3 Å². The molecule has 4 amide bonds. The van der Waals surface area contributed by atoms with Crippen LogP contribution in [0.15, 0.2) is 42.5 Å². The minimum Gasteiger partial charge on any atom is -0.491 e. The number of halogens is 1. The van der Waals surface area contributed by atoms with Gasteiger partial charge in [0.15, 0.2) is 0 Å². The Balaban J connectivity index is 1.30. The molecule has 0 radical (unpaired) electrons. The first-order chi connectivity index (χ1) is 17.3. The maximum absolute atomic E-state index is 14.9. The summed E-state index contributed by atoms with van der Waals surface area (Å²) in [4.78, 5) is 41.7. The van der Waals surface area contributed by atoms with Gasteiger partial charge in [-0.2, -0.15) is 0 Å². The lowest BCUT2D eigenvalue weighted by atomic mass is 10.1. The van der Waals surface area contributed by atoms with Crippen LogP contribution in [-0.2, 0) is 9.59 Å². The second kappa shape index (κ2) is 9.51. The summed E-state index contributed by atoms with van der Waals surface area (Å²) in [5, 5.41) is 20.9. The van der Waals surface area contributed by atoms with Crippen molar-refractivity contribution in [3.63, 3.8) is 0 Å². The second-order valence-corrected chi connectivity index (χ2v) is 9.60. The summed E-state index contributed by atoms with van der Waals surface area (Å²) >= 11 is 0. The first-order valence-electron chi connectivity index (χ1n) is 12.1. The number of hydrogen-bond donors (Lipinski definition) is 3. The van der Waals surface area contributed by atoms with Crippen molar-refractivity contribution < 1.29 is 33.7 Å². The third kappa shape index (κ3) is 4.42. The van der Waals surface area contributed by atoms with E-state index in [9.17, 15) is 23.9 Å². The molecule has 1 saturated carbocycles. The monoisotopic (exact) mass is 497 g/mol. The van der Waals surface area contributed by atoms with E-state index < -0.39 is 54.5 Å². The Bertz CT molecular complexity index is 1180. The molecule has 2 aliphatic heterocycles. The number of nitrogens with zero attached hydrogens (tertiary/aromatic N) is 2. The normalized spacial score (nSPS) is 24.9. The summed E-state index contributed by atoms with van der Waals surface area (Å²) < 4.78 is 20.3. The number of carbonyl (C=O) groups excluding carboxylic acids is 3. The number of imide groups is 1. The lowest BCUT2D eigenvalue weighted by Gasteiger charge is -2.23. The predicted molar refractivity (Wildman–Crippen MR) is 127 cm³/mol. The number of aliphatic hydroxyl groups excluding tert-OH is 2. The number of ether oxygens (including phenoxy) is 1. The number of nitrogens with one attached hydrogen (secondary N) is 1. The molecule has 0 aromatic heterocycles. The van der Waals surface area contributed by atoms with Crippen LogP contribution in [0.5, 0.6) is 5.75 Å². The van der Waals surface area contributed by atoms with E-state index in [4.69, 9.17) is 9.84 Å². The van der Waals surface area contributed by atoms with Gasteiger partial charge in [0.25, 0.3) is 11.8 Å². The van der Waals surface area contributed by atoms with Crippen LogP contribution in [0.4, 0.5) is 14.9 Å². The molecular weight excluding hydrogens is 469 g/mol. The molecule has 1 aliphatic carbocycles. The average Bonchev–Trinajstić information content (AvgIpc) is 3.62. The Labute approximate surface area is 207 Å². The van der Waals surface area contributed by atoms with Gasteiger partial charge in [0.1, 0.15) is 36.4 Å². The molecule has 2 aromatic rings. The van der Waals surface area contributed by atoms with Crippen LogP contribution in [0.2, 0.25) is 0 Å². The smallest absolute Gasteiger partial charge is 0.325 e. The number of rotatable bonds is 8. The number of carbonyl (C=O) groups is 3. The van der Waals surface area contributed by atoms with E-state index in [1.54, 1.807) is 37.3 Å². The number of urea groups is 1. The first-order valence-corrected chi connectivity index (χ1v) is 12.1. The van der Waals surface area contributed by atoms with Crippen LogP contribution in [-0.4, -0.2) is 64.4 Å². The molecule has 5 rings (SSSR count). The van der Waals surface area contributed by atoms with Crippen molar-refractivity contribution in [1.82, 2.24) is 10.2 Å². The molecule has 2 heterocycles. The Kier molecular flexibility index (Phi) is 6.40. The topological polar surface area (TPSA) is 119 Å². The lowest BCUT2D eigenvalue weighted by Crippen LogP contribution is -2.46. The zero-order valence-electron chi connectivity index (χ0n) is 19.8. The molecule has 0 spiro atoms. The maximum Gasteiger partial charge on any atom is 0.325 e. The molecule has 9 nitrogen and oxygen atoms in total. The van der Waals surface area contributed by atoms with Crippen LogP contribution in [0, 0.1) is 5.82 Å². The van der Waals surface area contributed by atoms with E-state index in [-0.39, 0.29) is 18.7 Å². The summed E-state index contributed by atoms with van der Waals surface area (Å²) in [6, 6.07) is 8.24. The van der Waals surface area contributed by atoms with Crippen LogP contribution >= 0.6 is 0 Å². The molecule has 3 fully saturated rings. The van der Waals surface area contributed by atoms with Gasteiger partial charge in [-0.05, 0) is 67.5 Å². The minimum atomic E-state index is -1.03. The molecule has 10 heteroatoms. The highest BCUT2D eigenvalue weighted by molar-refractivity contribution is 6.11. The van der Waals surface area contributed by atoms with E-state index in [1.807, 2.05) is 6.07 Å². The van der Waals surface area contributed by atoms with Crippen LogP contribution in [0.1, 0.15) is 49.3 Å². The first kappa shape index (κ1) is 24.2. The number of anilines is 1. The third-order valence-corrected chi connectivity index (χ3v) is 6.96. The van der Waals surface area contributed by atoms with Gasteiger partial charge in [-0.1, -0.05) is 18.2 Å². The molecule has 36 heavy (non-hydrogen) atoms. The van der Waals surface area contributed by atoms with Gasteiger partial charge in [-0.3, -0.25) is 9.59 Å². The molecule has 4 atom stereocenters. The number of benzene rings is 2. The highest BCUT2D eigenvalue weighted by Crippen LogP contribution is 2.42. The van der Waals surface area contributed by atoms with Gasteiger partial charge < -0.3 is 25.2 Å². The molecule has 2 saturated heterocycles. The Morgan fingerprint density at radius 3 is 2.39 bits per heavy atom. The van der Waals surface area contributed by atoms with E-state index in [0.29, 0.717) is 17.2 Å². The molecule has 2 unspecified atom stereocenters. The zero-order valence-corrected chi connectivity index (χ0v) is 19.8. The van der Waals surface area contributed by atoms with E-state index in [0.717, 1.165) is 23.3 Å². The molecule has 3 aliphatic rings. The number of hydrogen-bond acceptors (Lipinski definition) is 6. The van der Waals surface area contributed by atoms with Crippen molar-refractivity contribution >= 4 is 23.5 Å². The Hall–Kier alpha value is -3.50. The minimum absolute atomic E-state index is 0.0922. The summed E-state index contributed by atoms with van der Waals surface area (Å²) in [7, 11) is 0. The fourth-order valence-corrected chi connectivity index (χ4v) is 4.88. The molecule has 3 N–H and O–H groups in total. The zero-order chi connectivity index (χ0) is 25.6. The fraction of sp³-hybridized carbons (Fsp3) is 0.423. The van der Waals surface area contributed by atoms with Crippen molar-refractivity contribution in [3.05, 3.63) is 59.4 Å². The fourth-order valence-electron chi connectivity index (χ4n) is 4.88. The number of aliphatic hydroxyl groups is 2. The quantitative estimate of drug-likeness (QED) is 0.481. The van der Waals surface area contributed by atoms with Crippen molar-refractivity contribution in [2.45, 2.75) is 56.3 Å². The van der Waals surface area contributed by atoms with Gasteiger partial charge in [0.2, 0.25) is 0 Å². The second-order valence-electron chi connectivity index (χ2n) is 9.60. The average molecular weight is 498 g/mol. The summed E-state index contributed by atoms with van der Waals surface area (Å²) in [5.74, 6) is -0.727. The Morgan fingerprint density at radius 1 is 1.06 bits per heavy atom. The highest BCUT2D eigenvalue weighted by Gasteiger charge is 2.51. The van der Waals surface area contributed by atoms with Crippen molar-refractivity contribution in [2.24, 2.45) is 0 Å². The van der Waals surface area contributed by atoms with Crippen LogP contribution < -0.4 is 15.0 Å². The van der Waals surface area contributed by atoms with Gasteiger partial charge in [0, 0.05) is 6.04 Å². The largest absolute Gasteiger partial charge is 0.491 e. The summed E-state index contributed by atoms with van der Waals surface area (Å²) in [6.45, 7) is 1.25.